The third-order valence-corrected chi connectivity index (χ3v) is 6.45. The molecule has 5 aromatic rings. The molecular formula is C32H32F12N4O2P2. The van der Waals surface area contributed by atoms with Crippen molar-refractivity contribution in [3.63, 3.8) is 0 Å². The van der Waals surface area contributed by atoms with Crippen LogP contribution in [0.5, 0.6) is 11.5 Å². The zero-order valence-electron chi connectivity index (χ0n) is 27.0. The third kappa shape index (κ3) is 20.3. The van der Waals surface area contributed by atoms with Gasteiger partial charge in [0.15, 0.2) is 37.9 Å². The molecule has 0 spiro atoms. The molecule has 0 N–H and O–H groups in total. The molecule has 0 bridgehead atoms. The van der Waals surface area contributed by atoms with Crippen molar-refractivity contribution in [2.24, 2.45) is 0 Å². The summed E-state index contributed by atoms with van der Waals surface area (Å²) in [5, 5.41) is 0. The topological polar surface area (TPSA) is 52.0 Å². The number of halogens is 12. The number of pyridine rings is 4. The molecular weight excluding hydrogens is 762 g/mol. The van der Waals surface area contributed by atoms with Crippen LogP contribution in [0.15, 0.2) is 116 Å². The molecule has 4 aromatic heterocycles. The van der Waals surface area contributed by atoms with E-state index < -0.39 is 15.6 Å². The molecule has 0 saturated heterocycles. The fraction of sp³-hybridized carbons (Fsp3) is 0.188. The quantitative estimate of drug-likeness (QED) is 0.0759. The molecule has 0 radical (unpaired) electrons. The fourth-order valence-corrected chi connectivity index (χ4v) is 4.27. The van der Waals surface area contributed by atoms with Crippen molar-refractivity contribution < 1.29 is 69.0 Å². The van der Waals surface area contributed by atoms with Gasteiger partial charge in [0, 0.05) is 55.1 Å². The van der Waals surface area contributed by atoms with E-state index in [2.05, 4.69) is 81.1 Å². The Morgan fingerprint density at radius 2 is 0.846 bits per heavy atom. The molecule has 5 rings (SSSR count). The van der Waals surface area contributed by atoms with Crippen LogP contribution < -0.4 is 18.6 Å². The van der Waals surface area contributed by atoms with E-state index >= 15 is 0 Å². The first kappa shape index (κ1) is 41.9. The summed E-state index contributed by atoms with van der Waals surface area (Å²) < 4.78 is 135. The summed E-state index contributed by atoms with van der Waals surface area (Å²) in [5.74, 6) is 1.70. The van der Waals surface area contributed by atoms with Gasteiger partial charge in [-0.3, -0.25) is 9.97 Å². The first-order chi connectivity index (χ1) is 23.7. The van der Waals surface area contributed by atoms with Gasteiger partial charge in [-0.05, 0) is 64.6 Å². The van der Waals surface area contributed by atoms with Gasteiger partial charge >= 0.3 is 66.0 Å². The summed E-state index contributed by atoms with van der Waals surface area (Å²) in [5.41, 5.74) is 5.84. The molecule has 286 valence electrons. The minimum absolute atomic E-state index is 0.573. The van der Waals surface area contributed by atoms with E-state index in [0.717, 1.165) is 42.1 Å². The average Bonchev–Trinajstić information content (AvgIpc) is 3.03. The summed E-state index contributed by atoms with van der Waals surface area (Å²) in [6.07, 6.45) is 16.5. The third-order valence-electron chi connectivity index (χ3n) is 6.45. The molecule has 0 fully saturated rings. The summed E-state index contributed by atoms with van der Waals surface area (Å²) in [4.78, 5) is 8.17. The van der Waals surface area contributed by atoms with E-state index in [1.54, 1.807) is 0 Å². The van der Waals surface area contributed by atoms with Crippen LogP contribution in [0.4, 0.5) is 50.4 Å². The van der Waals surface area contributed by atoms with Crippen molar-refractivity contribution in [1.82, 2.24) is 9.97 Å². The molecule has 0 saturated carbocycles. The van der Waals surface area contributed by atoms with Crippen LogP contribution in [-0.4, -0.2) is 23.2 Å². The van der Waals surface area contributed by atoms with Crippen LogP contribution >= 0.6 is 15.6 Å². The first-order valence-electron chi connectivity index (χ1n) is 15.0. The second-order valence-corrected chi connectivity index (χ2v) is 14.7. The Bertz CT molecular complexity index is 1840. The van der Waals surface area contributed by atoms with Crippen molar-refractivity contribution in [3.8, 4) is 33.8 Å². The molecule has 0 aliphatic heterocycles. The zero-order valence-corrected chi connectivity index (χ0v) is 28.8. The van der Waals surface area contributed by atoms with E-state index in [0.29, 0.717) is 13.2 Å². The fourth-order valence-electron chi connectivity index (χ4n) is 4.27. The molecule has 0 aliphatic carbocycles. The Labute approximate surface area is 289 Å². The van der Waals surface area contributed by atoms with E-state index in [1.165, 1.54) is 16.7 Å². The van der Waals surface area contributed by atoms with Crippen LogP contribution in [0.1, 0.15) is 12.5 Å². The van der Waals surface area contributed by atoms with Gasteiger partial charge in [0.25, 0.3) is 0 Å². The molecule has 20 heteroatoms. The van der Waals surface area contributed by atoms with E-state index in [-0.39, 0.29) is 0 Å². The minimum atomic E-state index is -10.7. The molecule has 0 aliphatic rings. The Hall–Kier alpha value is -4.56. The van der Waals surface area contributed by atoms with Gasteiger partial charge in [0.05, 0.1) is 0 Å². The maximum atomic E-state index is 9.87. The number of aromatic nitrogens is 4. The standard InChI is InChI=1S/C32H32N4O2.2F6P/c1-2-26-3-4-31(37-23-21-35-17-9-29(10-18-35)27-5-13-33-14-6-27)25-32(26)38-24-22-36-19-11-30(12-20-36)28-7-15-34-16-8-28;2*1-7(2,3,4,5)6/h3-20,25H,2,21-24H2,1H3;;/q+2;2*-1. The molecule has 0 unspecified atom stereocenters. The van der Waals surface area contributed by atoms with Gasteiger partial charge in [-0.15, -0.1) is 0 Å². The van der Waals surface area contributed by atoms with E-state index in [9.17, 15) is 50.4 Å². The number of hydrogen-bond donors (Lipinski definition) is 0. The number of aryl methyl sites for hydroxylation is 1. The number of hydrogen-bond acceptors (Lipinski definition) is 4. The Morgan fingerprint density at radius 3 is 1.21 bits per heavy atom. The number of nitrogens with zero attached hydrogens (tertiary/aromatic N) is 4. The maximum absolute atomic E-state index is 10.7. The Kier molecular flexibility index (Phi) is 11.9. The number of rotatable bonds is 11. The predicted molar refractivity (Wildman–Crippen MR) is 174 cm³/mol. The Morgan fingerprint density at radius 1 is 0.500 bits per heavy atom. The van der Waals surface area contributed by atoms with Crippen LogP contribution in [0.3, 0.4) is 0 Å². The van der Waals surface area contributed by atoms with Gasteiger partial charge in [0.1, 0.15) is 24.7 Å². The van der Waals surface area contributed by atoms with Gasteiger partial charge < -0.3 is 9.47 Å². The number of benzene rings is 1. The normalized spacial score (nSPS) is 14.1. The second kappa shape index (κ2) is 14.8. The Balaban J connectivity index is 0.000000441. The molecule has 0 atom stereocenters. The van der Waals surface area contributed by atoms with Crippen LogP contribution in [0.25, 0.3) is 22.3 Å². The van der Waals surface area contributed by atoms with Gasteiger partial charge in [-0.25, -0.2) is 9.13 Å². The van der Waals surface area contributed by atoms with Crippen LogP contribution in [-0.2, 0) is 19.5 Å². The number of ether oxygens (including phenoxy) is 2. The summed E-state index contributed by atoms with van der Waals surface area (Å²) in [6.45, 7) is 4.81. The molecule has 6 nitrogen and oxygen atoms in total. The average molecular weight is 795 g/mol. The van der Waals surface area contributed by atoms with E-state index in [4.69, 9.17) is 9.47 Å². The molecule has 52 heavy (non-hydrogen) atoms. The van der Waals surface area contributed by atoms with Crippen LogP contribution in [0.2, 0.25) is 0 Å². The summed E-state index contributed by atoms with van der Waals surface area (Å²) >= 11 is 0. The van der Waals surface area contributed by atoms with Crippen LogP contribution in [0, 0.1) is 0 Å². The van der Waals surface area contributed by atoms with Crippen molar-refractivity contribution in [2.75, 3.05) is 13.2 Å². The van der Waals surface area contributed by atoms with Crippen molar-refractivity contribution in [3.05, 3.63) is 122 Å². The van der Waals surface area contributed by atoms with Gasteiger partial charge in [-0.2, -0.15) is 0 Å². The molecule has 4 heterocycles. The molecule has 1 aromatic carbocycles. The van der Waals surface area contributed by atoms with Gasteiger partial charge in [0.2, 0.25) is 0 Å². The van der Waals surface area contributed by atoms with E-state index in [1.807, 2.05) is 61.2 Å². The summed E-state index contributed by atoms with van der Waals surface area (Å²) in [7, 11) is -21.3. The van der Waals surface area contributed by atoms with Crippen molar-refractivity contribution in [2.45, 2.75) is 26.4 Å². The van der Waals surface area contributed by atoms with Gasteiger partial charge in [-0.1, -0.05) is 13.0 Å². The SMILES string of the molecule is CCc1ccc(OCC[n+]2ccc(-c3ccncc3)cc2)cc1OCC[n+]1ccc(-c2ccncc2)cc1.F[P-](F)(F)(F)(F)F.F[P-](F)(F)(F)(F)F. The summed E-state index contributed by atoms with van der Waals surface area (Å²) in [6, 6.07) is 22.6. The second-order valence-electron chi connectivity index (χ2n) is 10.9. The monoisotopic (exact) mass is 794 g/mol. The van der Waals surface area contributed by atoms with Crippen molar-refractivity contribution >= 4 is 15.6 Å². The van der Waals surface area contributed by atoms with Crippen molar-refractivity contribution in [1.29, 1.82) is 0 Å². The molecule has 0 amide bonds. The predicted octanol–water partition coefficient (Wildman–Crippen LogP) is 11.9. The zero-order chi connectivity index (χ0) is 38.8. The first-order valence-corrected chi connectivity index (χ1v) is 19.0.